The molecule has 1 saturated carbocycles. The maximum absolute atomic E-state index is 11.7. The van der Waals surface area contributed by atoms with Crippen molar-refractivity contribution in [3.05, 3.63) is 23.8 Å². The summed E-state index contributed by atoms with van der Waals surface area (Å²) in [5, 5.41) is -0.261. The topological polar surface area (TPSA) is 85.9 Å². The second-order valence-corrected chi connectivity index (χ2v) is 7.85. The number of nitrogens with two attached hydrogens (primary N) is 1. The van der Waals surface area contributed by atoms with E-state index in [1.807, 2.05) is 6.92 Å². The van der Waals surface area contributed by atoms with Crippen molar-refractivity contribution < 1.29 is 8.42 Å². The highest BCUT2D eigenvalue weighted by atomic mass is 32.2. The van der Waals surface area contributed by atoms with Gasteiger partial charge in [-0.05, 0) is 37.7 Å². The van der Waals surface area contributed by atoms with Gasteiger partial charge in [0.2, 0.25) is 0 Å². The Morgan fingerprint density at radius 1 is 1.32 bits per heavy atom. The first kappa shape index (κ1) is 14.4. The second kappa shape index (κ2) is 5.54. The van der Waals surface area contributed by atoms with E-state index in [1.165, 1.54) is 6.26 Å². The number of sulfone groups is 1. The van der Waals surface area contributed by atoms with Crippen molar-refractivity contribution in [3.8, 4) is 0 Å². The molecule has 19 heavy (non-hydrogen) atoms. The van der Waals surface area contributed by atoms with Crippen molar-refractivity contribution in [1.29, 1.82) is 0 Å². The van der Waals surface area contributed by atoms with Gasteiger partial charge in [0.25, 0.3) is 0 Å². The van der Waals surface area contributed by atoms with Crippen molar-refractivity contribution in [1.82, 2.24) is 9.97 Å². The lowest BCUT2D eigenvalue weighted by Gasteiger charge is -2.31. The molecule has 0 bridgehead atoms. The van der Waals surface area contributed by atoms with Crippen LogP contribution in [0.1, 0.15) is 43.1 Å². The average Bonchev–Trinajstić information content (AvgIpc) is 2.38. The summed E-state index contributed by atoms with van der Waals surface area (Å²) in [5.41, 5.74) is 7.20. The van der Waals surface area contributed by atoms with Gasteiger partial charge in [0.15, 0.2) is 0 Å². The molecule has 1 aromatic rings. The predicted molar refractivity (Wildman–Crippen MR) is 74.3 cm³/mol. The van der Waals surface area contributed by atoms with Crippen LogP contribution in [0.5, 0.6) is 0 Å². The van der Waals surface area contributed by atoms with Crippen molar-refractivity contribution in [2.45, 2.75) is 43.9 Å². The highest BCUT2D eigenvalue weighted by molar-refractivity contribution is 7.91. The number of aromatic nitrogens is 2. The lowest BCUT2D eigenvalue weighted by atomic mass is 9.83. The molecule has 0 radical (unpaired) electrons. The molecule has 2 rings (SSSR count). The first-order chi connectivity index (χ1) is 8.88. The van der Waals surface area contributed by atoms with Crippen LogP contribution in [-0.4, -0.2) is 29.9 Å². The van der Waals surface area contributed by atoms with Gasteiger partial charge in [0.1, 0.15) is 15.7 Å². The maximum Gasteiger partial charge on any atom is 0.150 e. The fourth-order valence-corrected chi connectivity index (χ4v) is 3.87. The smallest absolute Gasteiger partial charge is 0.150 e. The first-order valence-electron chi connectivity index (χ1n) is 6.61. The van der Waals surface area contributed by atoms with E-state index in [9.17, 15) is 8.42 Å². The third-order valence-corrected chi connectivity index (χ3v) is 5.52. The van der Waals surface area contributed by atoms with Crippen molar-refractivity contribution in [3.63, 3.8) is 0 Å². The Hall–Kier alpha value is -1.01. The SMILES string of the molecule is Cc1cnc(C(N)C2CCCC(S(C)(=O)=O)C2)nc1. The van der Waals surface area contributed by atoms with Crippen LogP contribution >= 0.6 is 0 Å². The third kappa shape index (κ3) is 3.51. The molecule has 0 amide bonds. The number of aryl methyl sites for hydroxylation is 1. The van der Waals surface area contributed by atoms with Crippen LogP contribution in [0.3, 0.4) is 0 Å². The van der Waals surface area contributed by atoms with E-state index in [-0.39, 0.29) is 17.2 Å². The molecule has 1 heterocycles. The highest BCUT2D eigenvalue weighted by Crippen LogP contribution is 2.34. The van der Waals surface area contributed by atoms with Crippen molar-refractivity contribution in [2.75, 3.05) is 6.26 Å². The number of rotatable bonds is 3. The molecule has 1 aromatic heterocycles. The Morgan fingerprint density at radius 3 is 2.53 bits per heavy atom. The summed E-state index contributed by atoms with van der Waals surface area (Å²) in [6.07, 6.45) is 8.03. The third-order valence-electron chi connectivity index (χ3n) is 3.88. The fraction of sp³-hybridized carbons (Fsp3) is 0.692. The van der Waals surface area contributed by atoms with Gasteiger partial charge in [-0.25, -0.2) is 18.4 Å². The van der Waals surface area contributed by atoms with Gasteiger partial charge in [-0.3, -0.25) is 0 Å². The zero-order valence-electron chi connectivity index (χ0n) is 11.4. The standard InChI is InChI=1S/C13H21N3O2S/c1-9-7-15-13(16-8-9)12(14)10-4-3-5-11(6-10)19(2,17)18/h7-8,10-12H,3-6,14H2,1-2H3. The van der Waals surface area contributed by atoms with Gasteiger partial charge in [-0.1, -0.05) is 6.42 Å². The summed E-state index contributed by atoms with van der Waals surface area (Å²) in [6.45, 7) is 1.93. The summed E-state index contributed by atoms with van der Waals surface area (Å²) in [4.78, 5) is 8.51. The number of hydrogen-bond donors (Lipinski definition) is 1. The van der Waals surface area contributed by atoms with Gasteiger partial charge < -0.3 is 5.73 Å². The molecule has 2 N–H and O–H groups in total. The molecule has 0 aliphatic heterocycles. The predicted octanol–water partition coefficient (Wildman–Crippen LogP) is 1.39. The van der Waals surface area contributed by atoms with E-state index in [0.29, 0.717) is 12.2 Å². The quantitative estimate of drug-likeness (QED) is 0.906. The molecular formula is C13H21N3O2S. The molecule has 3 atom stereocenters. The Morgan fingerprint density at radius 2 is 1.95 bits per heavy atom. The summed E-state index contributed by atoms with van der Waals surface area (Å²) >= 11 is 0. The fourth-order valence-electron chi connectivity index (χ4n) is 2.68. The van der Waals surface area contributed by atoms with E-state index >= 15 is 0 Å². The maximum atomic E-state index is 11.7. The van der Waals surface area contributed by atoms with E-state index in [4.69, 9.17) is 5.73 Å². The van der Waals surface area contributed by atoms with Gasteiger partial charge in [-0.2, -0.15) is 0 Å². The Kier molecular flexibility index (Phi) is 4.20. The van der Waals surface area contributed by atoms with Crippen LogP contribution in [0.15, 0.2) is 12.4 Å². The number of hydrogen-bond acceptors (Lipinski definition) is 5. The zero-order chi connectivity index (χ0) is 14.0. The summed E-state index contributed by atoms with van der Waals surface area (Å²) in [6, 6.07) is -0.273. The van der Waals surface area contributed by atoms with E-state index < -0.39 is 9.84 Å². The van der Waals surface area contributed by atoms with Crippen molar-refractivity contribution in [2.24, 2.45) is 11.7 Å². The largest absolute Gasteiger partial charge is 0.321 e. The molecule has 0 saturated heterocycles. The van der Waals surface area contributed by atoms with Crippen LogP contribution in [0.25, 0.3) is 0 Å². The van der Waals surface area contributed by atoms with Crippen LogP contribution in [-0.2, 0) is 9.84 Å². The Labute approximate surface area is 114 Å². The molecule has 0 spiro atoms. The highest BCUT2D eigenvalue weighted by Gasteiger charge is 2.33. The molecule has 1 aliphatic rings. The number of nitrogens with zero attached hydrogens (tertiary/aromatic N) is 2. The van der Waals surface area contributed by atoms with Gasteiger partial charge in [0.05, 0.1) is 11.3 Å². The van der Waals surface area contributed by atoms with Crippen LogP contribution in [0.4, 0.5) is 0 Å². The van der Waals surface area contributed by atoms with E-state index in [0.717, 1.165) is 24.8 Å². The van der Waals surface area contributed by atoms with Crippen LogP contribution in [0, 0.1) is 12.8 Å². The van der Waals surface area contributed by atoms with E-state index in [1.54, 1.807) is 12.4 Å². The minimum atomic E-state index is -2.98. The lowest BCUT2D eigenvalue weighted by molar-refractivity contribution is 0.301. The molecule has 0 aromatic carbocycles. The molecule has 5 nitrogen and oxygen atoms in total. The van der Waals surface area contributed by atoms with Crippen LogP contribution in [0.2, 0.25) is 0 Å². The molecular weight excluding hydrogens is 262 g/mol. The average molecular weight is 283 g/mol. The molecule has 106 valence electrons. The zero-order valence-corrected chi connectivity index (χ0v) is 12.2. The molecule has 3 unspecified atom stereocenters. The molecule has 1 aliphatic carbocycles. The Balaban J connectivity index is 2.11. The normalized spacial score (nSPS) is 26.1. The van der Waals surface area contributed by atoms with Gasteiger partial charge >= 0.3 is 0 Å². The summed E-state index contributed by atoms with van der Waals surface area (Å²) < 4.78 is 23.3. The minimum Gasteiger partial charge on any atom is -0.321 e. The summed E-state index contributed by atoms with van der Waals surface area (Å²) in [7, 11) is -2.98. The lowest BCUT2D eigenvalue weighted by Crippen LogP contribution is -2.33. The minimum absolute atomic E-state index is 0.149. The van der Waals surface area contributed by atoms with Crippen LogP contribution < -0.4 is 5.73 Å². The molecule has 6 heteroatoms. The van der Waals surface area contributed by atoms with E-state index in [2.05, 4.69) is 9.97 Å². The molecule has 1 fully saturated rings. The monoisotopic (exact) mass is 283 g/mol. The van der Waals surface area contributed by atoms with Gasteiger partial charge in [-0.15, -0.1) is 0 Å². The first-order valence-corrected chi connectivity index (χ1v) is 8.56. The second-order valence-electron chi connectivity index (χ2n) is 5.52. The van der Waals surface area contributed by atoms with Crippen molar-refractivity contribution >= 4 is 9.84 Å². The van der Waals surface area contributed by atoms with Gasteiger partial charge in [0, 0.05) is 18.6 Å². The summed E-state index contributed by atoms with van der Waals surface area (Å²) in [5.74, 6) is 0.765. The Bertz CT molecular complexity index is 527.